The molecule has 0 nitrogen and oxygen atoms in total. The second-order valence-electron chi connectivity index (χ2n) is 4.84. The molecule has 0 bridgehead atoms. The third-order valence-electron chi connectivity index (χ3n) is 3.01. The quantitative estimate of drug-likeness (QED) is 0.636. The zero-order valence-corrected chi connectivity index (χ0v) is 11.2. The van der Waals surface area contributed by atoms with Gasteiger partial charge in [0.2, 0.25) is 0 Å². The van der Waals surface area contributed by atoms with Gasteiger partial charge in [0.25, 0.3) is 0 Å². The number of rotatable bonds is 3. The van der Waals surface area contributed by atoms with E-state index in [1.165, 1.54) is 22.3 Å². The summed E-state index contributed by atoms with van der Waals surface area (Å²) in [5, 5.41) is 0. The molecule has 1 aromatic rings. The van der Waals surface area contributed by atoms with Crippen molar-refractivity contribution >= 4 is 11.6 Å². The molecule has 0 heterocycles. The molecular formula is C14H21Cl. The third kappa shape index (κ3) is 2.75. The van der Waals surface area contributed by atoms with Crippen LogP contribution in [0.1, 0.15) is 61.8 Å². The van der Waals surface area contributed by atoms with E-state index in [4.69, 9.17) is 11.6 Å². The van der Waals surface area contributed by atoms with Crippen molar-refractivity contribution in [1.82, 2.24) is 0 Å². The molecule has 84 valence electrons. The lowest BCUT2D eigenvalue weighted by Gasteiger charge is -2.17. The highest BCUT2D eigenvalue weighted by atomic mass is 35.5. The maximum absolute atomic E-state index is 5.99. The van der Waals surface area contributed by atoms with Crippen LogP contribution in [0, 0.1) is 6.92 Å². The predicted octanol–water partition coefficient (Wildman–Crippen LogP) is 4.98. The van der Waals surface area contributed by atoms with E-state index in [1.807, 2.05) is 0 Å². The summed E-state index contributed by atoms with van der Waals surface area (Å²) in [7, 11) is 0. The fourth-order valence-electron chi connectivity index (χ4n) is 1.90. The molecule has 0 unspecified atom stereocenters. The standard InChI is InChI=1S/C14H21Cl/c1-9(2)12-6-13(8-15)11(5)14(7-12)10(3)4/h6-7,9-10H,8H2,1-5H3. The smallest absolute Gasteiger partial charge is 0.0476 e. The summed E-state index contributed by atoms with van der Waals surface area (Å²) in [5.74, 6) is 1.77. The molecule has 0 spiro atoms. The average molecular weight is 225 g/mol. The Bertz CT molecular complexity index is 337. The fourth-order valence-corrected chi connectivity index (χ4v) is 2.17. The van der Waals surface area contributed by atoms with Gasteiger partial charge in [-0.1, -0.05) is 39.8 Å². The van der Waals surface area contributed by atoms with Crippen LogP contribution >= 0.6 is 11.6 Å². The zero-order valence-electron chi connectivity index (χ0n) is 10.4. The van der Waals surface area contributed by atoms with Crippen molar-refractivity contribution in [3.63, 3.8) is 0 Å². The highest BCUT2D eigenvalue weighted by Gasteiger charge is 2.11. The Labute approximate surface area is 98.7 Å². The molecule has 0 radical (unpaired) electrons. The molecule has 0 amide bonds. The third-order valence-corrected chi connectivity index (χ3v) is 3.30. The first-order valence-corrected chi connectivity index (χ1v) is 6.20. The van der Waals surface area contributed by atoms with E-state index in [1.54, 1.807) is 0 Å². The first-order chi connectivity index (χ1) is 6.97. The largest absolute Gasteiger partial charge is 0.122 e. The molecule has 1 rings (SSSR count). The van der Waals surface area contributed by atoms with Crippen molar-refractivity contribution in [2.75, 3.05) is 0 Å². The van der Waals surface area contributed by atoms with E-state index in [-0.39, 0.29) is 0 Å². The van der Waals surface area contributed by atoms with Gasteiger partial charge < -0.3 is 0 Å². The maximum atomic E-state index is 5.99. The van der Waals surface area contributed by atoms with Crippen LogP contribution < -0.4 is 0 Å². The molecule has 0 aliphatic carbocycles. The second kappa shape index (κ2) is 5.03. The molecule has 0 aliphatic rings. The van der Waals surface area contributed by atoms with Crippen LogP contribution in [0.25, 0.3) is 0 Å². The van der Waals surface area contributed by atoms with Gasteiger partial charge >= 0.3 is 0 Å². The Morgan fingerprint density at radius 2 is 1.67 bits per heavy atom. The van der Waals surface area contributed by atoms with Gasteiger partial charge in [0.1, 0.15) is 0 Å². The molecule has 0 atom stereocenters. The van der Waals surface area contributed by atoms with Crippen LogP contribution in [0.15, 0.2) is 12.1 Å². The molecule has 15 heavy (non-hydrogen) atoms. The molecule has 0 aromatic heterocycles. The lowest BCUT2D eigenvalue weighted by Crippen LogP contribution is -2.00. The summed E-state index contributed by atoms with van der Waals surface area (Å²) < 4.78 is 0. The van der Waals surface area contributed by atoms with E-state index >= 15 is 0 Å². The molecule has 0 saturated carbocycles. The Morgan fingerprint density at radius 1 is 1.07 bits per heavy atom. The zero-order chi connectivity index (χ0) is 11.6. The lowest BCUT2D eigenvalue weighted by atomic mass is 9.89. The summed E-state index contributed by atoms with van der Waals surface area (Å²) in [5.41, 5.74) is 5.49. The van der Waals surface area contributed by atoms with E-state index in [2.05, 4.69) is 46.8 Å². The van der Waals surface area contributed by atoms with Crippen LogP contribution in [-0.2, 0) is 5.88 Å². The van der Waals surface area contributed by atoms with E-state index in [9.17, 15) is 0 Å². The predicted molar refractivity (Wildman–Crippen MR) is 68.9 cm³/mol. The SMILES string of the molecule is Cc1c(CCl)cc(C(C)C)cc1C(C)C. The Hall–Kier alpha value is -0.490. The van der Waals surface area contributed by atoms with Crippen molar-refractivity contribution in [3.05, 3.63) is 34.4 Å². The van der Waals surface area contributed by atoms with Gasteiger partial charge in [0.15, 0.2) is 0 Å². The average Bonchev–Trinajstić information content (AvgIpc) is 2.17. The Morgan fingerprint density at radius 3 is 2.07 bits per heavy atom. The molecule has 1 heteroatoms. The molecule has 0 fully saturated rings. The van der Waals surface area contributed by atoms with Gasteiger partial charge in [-0.2, -0.15) is 0 Å². The topological polar surface area (TPSA) is 0 Å². The van der Waals surface area contributed by atoms with Gasteiger partial charge in [-0.3, -0.25) is 0 Å². The second-order valence-corrected chi connectivity index (χ2v) is 5.10. The summed E-state index contributed by atoms with van der Waals surface area (Å²) in [4.78, 5) is 0. The summed E-state index contributed by atoms with van der Waals surface area (Å²) >= 11 is 5.99. The van der Waals surface area contributed by atoms with Crippen molar-refractivity contribution in [2.24, 2.45) is 0 Å². The molecule has 0 aliphatic heterocycles. The van der Waals surface area contributed by atoms with Crippen molar-refractivity contribution in [3.8, 4) is 0 Å². The van der Waals surface area contributed by atoms with E-state index in [0.717, 1.165) is 0 Å². The minimum atomic E-state index is 0.574. The number of alkyl halides is 1. The number of hydrogen-bond donors (Lipinski definition) is 0. The van der Waals surface area contributed by atoms with Gasteiger partial charge in [-0.25, -0.2) is 0 Å². The van der Waals surface area contributed by atoms with Crippen molar-refractivity contribution in [1.29, 1.82) is 0 Å². The van der Waals surface area contributed by atoms with Crippen molar-refractivity contribution < 1.29 is 0 Å². The Kier molecular flexibility index (Phi) is 4.21. The maximum Gasteiger partial charge on any atom is 0.0476 e. The van der Waals surface area contributed by atoms with Crippen LogP contribution in [0.4, 0.5) is 0 Å². The molecular weight excluding hydrogens is 204 g/mol. The van der Waals surface area contributed by atoms with Gasteiger partial charge in [0, 0.05) is 5.88 Å². The number of halogens is 1. The lowest BCUT2D eigenvalue weighted by molar-refractivity contribution is 0.822. The minimum absolute atomic E-state index is 0.574. The van der Waals surface area contributed by atoms with Crippen LogP contribution in [-0.4, -0.2) is 0 Å². The molecule has 0 N–H and O–H groups in total. The van der Waals surface area contributed by atoms with Crippen LogP contribution in [0.5, 0.6) is 0 Å². The highest BCUT2D eigenvalue weighted by molar-refractivity contribution is 6.17. The summed E-state index contributed by atoms with van der Waals surface area (Å²) in [6, 6.07) is 4.58. The normalized spacial score (nSPS) is 11.5. The van der Waals surface area contributed by atoms with Crippen molar-refractivity contribution in [2.45, 2.75) is 52.3 Å². The van der Waals surface area contributed by atoms with Crippen LogP contribution in [0.2, 0.25) is 0 Å². The Balaban J connectivity index is 3.32. The summed E-state index contributed by atoms with van der Waals surface area (Å²) in [6.07, 6.45) is 0. The van der Waals surface area contributed by atoms with E-state index < -0.39 is 0 Å². The minimum Gasteiger partial charge on any atom is -0.122 e. The fraction of sp³-hybridized carbons (Fsp3) is 0.571. The van der Waals surface area contributed by atoms with Gasteiger partial charge in [0.05, 0.1) is 0 Å². The number of hydrogen-bond acceptors (Lipinski definition) is 0. The monoisotopic (exact) mass is 224 g/mol. The number of benzene rings is 1. The highest BCUT2D eigenvalue weighted by Crippen LogP contribution is 2.28. The van der Waals surface area contributed by atoms with Gasteiger partial charge in [-0.05, 0) is 41.0 Å². The molecule has 0 saturated heterocycles. The molecule has 1 aromatic carbocycles. The first kappa shape index (κ1) is 12.6. The van der Waals surface area contributed by atoms with Crippen LogP contribution in [0.3, 0.4) is 0 Å². The van der Waals surface area contributed by atoms with E-state index in [0.29, 0.717) is 17.7 Å². The summed E-state index contributed by atoms with van der Waals surface area (Å²) in [6.45, 7) is 11.1. The first-order valence-electron chi connectivity index (χ1n) is 5.66. The van der Waals surface area contributed by atoms with Gasteiger partial charge in [-0.15, -0.1) is 11.6 Å².